The summed E-state index contributed by atoms with van der Waals surface area (Å²) in [4.78, 5) is 27.6. The maximum absolute atomic E-state index is 12.6. The highest BCUT2D eigenvalue weighted by Crippen LogP contribution is 2.17. The van der Waals surface area contributed by atoms with Gasteiger partial charge in [-0.05, 0) is 43.6 Å². The van der Waals surface area contributed by atoms with Crippen LogP contribution in [-0.2, 0) is 10.0 Å². The number of hydrogen-bond acceptors (Lipinski definition) is 5. The Morgan fingerprint density at radius 3 is 2.74 bits per heavy atom. The first-order valence-electron chi connectivity index (χ1n) is 7.36. The van der Waals surface area contributed by atoms with Gasteiger partial charge in [-0.15, -0.1) is 0 Å². The summed E-state index contributed by atoms with van der Waals surface area (Å²) in [6, 6.07) is 3.93. The molecule has 4 N–H and O–H groups in total. The zero-order valence-electron chi connectivity index (χ0n) is 12.5. The number of fused-ring (bicyclic) bond motifs is 1. The van der Waals surface area contributed by atoms with Crippen LogP contribution in [0.4, 0.5) is 0 Å². The molecule has 0 amide bonds. The van der Waals surface area contributed by atoms with Crippen molar-refractivity contribution in [1.29, 1.82) is 0 Å². The zero-order chi connectivity index (χ0) is 16.6. The Hall–Kier alpha value is -1.97. The van der Waals surface area contributed by atoms with Gasteiger partial charge in [-0.3, -0.25) is 9.78 Å². The number of hydrogen-bond donors (Lipinski definition) is 4. The molecular weight excluding hydrogens is 320 g/mol. The largest absolute Gasteiger partial charge is 0.326 e. The number of H-pyrrole nitrogens is 2. The van der Waals surface area contributed by atoms with Crippen LogP contribution in [0, 0.1) is 5.92 Å². The van der Waals surface area contributed by atoms with Crippen molar-refractivity contribution in [1.82, 2.24) is 20.0 Å². The van der Waals surface area contributed by atoms with Crippen molar-refractivity contribution >= 4 is 20.9 Å². The van der Waals surface area contributed by atoms with E-state index in [4.69, 9.17) is 0 Å². The van der Waals surface area contributed by atoms with E-state index < -0.39 is 21.3 Å². The van der Waals surface area contributed by atoms with Gasteiger partial charge in [-0.1, -0.05) is 6.92 Å². The SMILES string of the molecule is CC1CNCCC1NS(=O)(=O)c1ccc2[nH]c(=O)[nH]c(=O)c2c1. The molecule has 2 atom stereocenters. The van der Waals surface area contributed by atoms with E-state index in [-0.39, 0.29) is 22.2 Å². The van der Waals surface area contributed by atoms with Gasteiger partial charge in [-0.25, -0.2) is 17.9 Å². The fourth-order valence-corrected chi connectivity index (χ4v) is 4.17. The van der Waals surface area contributed by atoms with Gasteiger partial charge in [0, 0.05) is 6.04 Å². The average molecular weight is 338 g/mol. The lowest BCUT2D eigenvalue weighted by Gasteiger charge is -2.29. The molecule has 1 aliphatic heterocycles. The smallest absolute Gasteiger partial charge is 0.316 e. The monoisotopic (exact) mass is 338 g/mol. The molecular formula is C14H18N4O4S. The van der Waals surface area contributed by atoms with E-state index in [0.717, 1.165) is 13.1 Å². The van der Waals surface area contributed by atoms with E-state index in [1.807, 2.05) is 6.92 Å². The maximum atomic E-state index is 12.6. The average Bonchev–Trinajstić information content (AvgIpc) is 2.49. The number of aromatic amines is 2. The summed E-state index contributed by atoms with van der Waals surface area (Å²) in [6.45, 7) is 3.50. The first kappa shape index (κ1) is 15.9. The van der Waals surface area contributed by atoms with Gasteiger partial charge in [0.15, 0.2) is 0 Å². The lowest BCUT2D eigenvalue weighted by Crippen LogP contribution is -2.48. The standard InChI is InChI=1S/C14H18N4O4S/c1-8-7-15-5-4-11(8)18-23(21,22)9-2-3-12-10(6-9)13(19)17-14(20)16-12/h2-3,6,8,11,15,18H,4-5,7H2,1H3,(H2,16,17,19,20). The van der Waals surface area contributed by atoms with Crippen molar-refractivity contribution in [3.8, 4) is 0 Å². The fourth-order valence-electron chi connectivity index (χ4n) is 2.77. The third-order valence-electron chi connectivity index (χ3n) is 4.11. The molecule has 1 aromatic carbocycles. The van der Waals surface area contributed by atoms with Gasteiger partial charge >= 0.3 is 5.69 Å². The first-order valence-corrected chi connectivity index (χ1v) is 8.84. The molecule has 0 aliphatic carbocycles. The van der Waals surface area contributed by atoms with E-state index in [1.165, 1.54) is 18.2 Å². The molecule has 1 aromatic heterocycles. The summed E-state index contributed by atoms with van der Waals surface area (Å²) in [6.07, 6.45) is 0.710. The topological polar surface area (TPSA) is 124 Å². The predicted molar refractivity (Wildman–Crippen MR) is 85.9 cm³/mol. The van der Waals surface area contributed by atoms with E-state index >= 15 is 0 Å². The number of sulfonamides is 1. The predicted octanol–water partition coefficient (Wildman–Crippen LogP) is -0.507. The third kappa shape index (κ3) is 3.21. The lowest BCUT2D eigenvalue weighted by molar-refractivity contribution is 0.328. The third-order valence-corrected chi connectivity index (χ3v) is 5.60. The lowest BCUT2D eigenvalue weighted by atomic mass is 9.97. The molecule has 0 spiro atoms. The Balaban J connectivity index is 1.98. The highest BCUT2D eigenvalue weighted by Gasteiger charge is 2.26. The molecule has 3 rings (SSSR count). The van der Waals surface area contributed by atoms with Gasteiger partial charge in [0.1, 0.15) is 0 Å². The van der Waals surface area contributed by atoms with Crippen LogP contribution in [0.15, 0.2) is 32.7 Å². The van der Waals surface area contributed by atoms with Crippen molar-refractivity contribution in [2.24, 2.45) is 5.92 Å². The molecule has 2 heterocycles. The van der Waals surface area contributed by atoms with Gasteiger partial charge in [0.25, 0.3) is 5.56 Å². The molecule has 23 heavy (non-hydrogen) atoms. The number of rotatable bonds is 3. The van der Waals surface area contributed by atoms with Crippen LogP contribution in [0.2, 0.25) is 0 Å². The van der Waals surface area contributed by atoms with E-state index in [1.54, 1.807) is 0 Å². The van der Waals surface area contributed by atoms with Crippen LogP contribution in [-0.4, -0.2) is 37.5 Å². The normalized spacial score (nSPS) is 22.3. The van der Waals surface area contributed by atoms with Crippen LogP contribution in [0.3, 0.4) is 0 Å². The molecule has 0 radical (unpaired) electrons. The second kappa shape index (κ2) is 5.91. The Bertz CT molecular complexity index is 947. The zero-order valence-corrected chi connectivity index (χ0v) is 13.4. The molecule has 0 saturated carbocycles. The Kier molecular flexibility index (Phi) is 4.09. The molecule has 8 nitrogen and oxygen atoms in total. The minimum Gasteiger partial charge on any atom is -0.316 e. The maximum Gasteiger partial charge on any atom is 0.326 e. The molecule has 1 fully saturated rings. The minimum atomic E-state index is -3.73. The second-order valence-corrected chi connectivity index (χ2v) is 7.53. The van der Waals surface area contributed by atoms with E-state index in [0.29, 0.717) is 11.9 Å². The first-order chi connectivity index (χ1) is 10.9. The Labute approximate surface area is 132 Å². The molecule has 1 saturated heterocycles. The second-order valence-electron chi connectivity index (χ2n) is 5.81. The molecule has 124 valence electrons. The molecule has 1 aliphatic rings. The summed E-state index contributed by atoms with van der Waals surface area (Å²) in [5, 5.41) is 3.34. The highest BCUT2D eigenvalue weighted by molar-refractivity contribution is 7.89. The summed E-state index contributed by atoms with van der Waals surface area (Å²) in [7, 11) is -3.73. The van der Waals surface area contributed by atoms with Gasteiger partial charge < -0.3 is 10.3 Å². The van der Waals surface area contributed by atoms with Crippen LogP contribution in [0.1, 0.15) is 13.3 Å². The van der Waals surface area contributed by atoms with E-state index in [2.05, 4.69) is 20.0 Å². The minimum absolute atomic E-state index is 0.00767. The van der Waals surface area contributed by atoms with Crippen LogP contribution >= 0.6 is 0 Å². The summed E-state index contributed by atoms with van der Waals surface area (Å²) in [5.41, 5.74) is -0.941. The van der Waals surface area contributed by atoms with Crippen LogP contribution < -0.4 is 21.3 Å². The van der Waals surface area contributed by atoms with Crippen molar-refractivity contribution in [3.63, 3.8) is 0 Å². The summed E-state index contributed by atoms with van der Waals surface area (Å²) >= 11 is 0. The number of nitrogens with one attached hydrogen (secondary N) is 4. The summed E-state index contributed by atoms with van der Waals surface area (Å²) < 4.78 is 27.8. The molecule has 2 unspecified atom stereocenters. The van der Waals surface area contributed by atoms with Gasteiger partial charge in [-0.2, -0.15) is 0 Å². The van der Waals surface area contributed by atoms with Crippen molar-refractivity contribution < 1.29 is 8.42 Å². The van der Waals surface area contributed by atoms with E-state index in [9.17, 15) is 18.0 Å². The quantitative estimate of drug-likeness (QED) is 0.600. The number of aromatic nitrogens is 2. The molecule has 0 bridgehead atoms. The number of benzene rings is 1. The van der Waals surface area contributed by atoms with Crippen molar-refractivity contribution in [3.05, 3.63) is 39.0 Å². The molecule has 9 heteroatoms. The summed E-state index contributed by atoms with van der Waals surface area (Å²) in [5.74, 6) is 0.179. The van der Waals surface area contributed by atoms with Crippen molar-refractivity contribution in [2.45, 2.75) is 24.3 Å². The van der Waals surface area contributed by atoms with Gasteiger partial charge in [0.05, 0.1) is 15.8 Å². The highest BCUT2D eigenvalue weighted by atomic mass is 32.2. The van der Waals surface area contributed by atoms with Crippen LogP contribution in [0.5, 0.6) is 0 Å². The molecule has 2 aromatic rings. The van der Waals surface area contributed by atoms with Crippen LogP contribution in [0.25, 0.3) is 10.9 Å². The number of piperidine rings is 1. The Morgan fingerprint density at radius 2 is 2.00 bits per heavy atom. The van der Waals surface area contributed by atoms with Crippen molar-refractivity contribution in [2.75, 3.05) is 13.1 Å². The Morgan fingerprint density at radius 1 is 1.22 bits per heavy atom. The fraction of sp³-hybridized carbons (Fsp3) is 0.429. The van der Waals surface area contributed by atoms with Gasteiger partial charge in [0.2, 0.25) is 10.0 Å².